The minimum Gasteiger partial charge on any atom is -0.333 e. The van der Waals surface area contributed by atoms with Crippen molar-refractivity contribution in [3.05, 3.63) is 199 Å². The maximum absolute atomic E-state index is 11.9. The lowest BCUT2D eigenvalue weighted by Gasteiger charge is -2.29. The number of aldehydes is 1. The van der Waals surface area contributed by atoms with E-state index in [1.54, 1.807) is 0 Å². The molecule has 2 heterocycles. The molecule has 8 aromatic rings. The van der Waals surface area contributed by atoms with Gasteiger partial charge in [-0.1, -0.05) is 115 Å². The van der Waals surface area contributed by atoms with Gasteiger partial charge in [-0.15, -0.1) is 0 Å². The van der Waals surface area contributed by atoms with Gasteiger partial charge in [-0.3, -0.25) is 4.79 Å². The van der Waals surface area contributed by atoms with Gasteiger partial charge in [0.25, 0.3) is 0 Å². The molecule has 1 aromatic heterocycles. The number of rotatable bonds is 6. The molecule has 0 saturated carbocycles. The standard InChI is InChI=1S/C49H34N2O/c52-32-33-15-26-47-43(29-33)45-31-39(21-28-49(45)51(47)41-24-18-37(19-25-41)35-11-5-2-6-12-35)38-20-27-48-44(30-38)42-13-7-8-14-46(42)50(48)40-22-16-36(17-23-40)34-9-3-1-4-10-34/h1-27,29-32,49H,28H2. The predicted octanol–water partition coefficient (Wildman–Crippen LogP) is 12.3. The van der Waals surface area contributed by atoms with Crippen molar-refractivity contribution < 1.29 is 4.79 Å². The lowest BCUT2D eigenvalue weighted by Crippen LogP contribution is -2.27. The Morgan fingerprint density at radius 2 is 1.12 bits per heavy atom. The van der Waals surface area contributed by atoms with E-state index in [0.717, 1.165) is 35.3 Å². The Hall–Kier alpha value is -6.71. The number of allylic oxidation sites excluding steroid dienone is 2. The van der Waals surface area contributed by atoms with Gasteiger partial charge in [0.2, 0.25) is 0 Å². The minimum absolute atomic E-state index is 0.146. The SMILES string of the molecule is O=Cc1ccc2c(c1)C1=CC(c3ccc4c(c3)c3ccccc3n4-c3ccc(-c4ccccc4)cc3)=CCC1N2c1ccc(-c2ccccc2)cc1. The van der Waals surface area contributed by atoms with Crippen LogP contribution in [0.2, 0.25) is 0 Å². The number of anilines is 2. The maximum atomic E-state index is 11.9. The van der Waals surface area contributed by atoms with Gasteiger partial charge in [-0.2, -0.15) is 0 Å². The molecule has 3 nitrogen and oxygen atoms in total. The molecule has 1 atom stereocenters. The summed E-state index contributed by atoms with van der Waals surface area (Å²) in [6, 6.07) is 60.6. The third-order valence-corrected chi connectivity index (χ3v) is 10.8. The fourth-order valence-electron chi connectivity index (χ4n) is 8.26. The van der Waals surface area contributed by atoms with E-state index in [0.29, 0.717) is 5.56 Å². The molecule has 1 aliphatic carbocycles. The Balaban J connectivity index is 1.03. The molecule has 0 N–H and O–H groups in total. The van der Waals surface area contributed by atoms with Gasteiger partial charge in [-0.05, 0) is 112 Å². The molecular weight excluding hydrogens is 633 g/mol. The molecule has 0 amide bonds. The molecule has 3 heteroatoms. The van der Waals surface area contributed by atoms with Crippen LogP contribution in [0.5, 0.6) is 0 Å². The van der Waals surface area contributed by atoms with E-state index in [4.69, 9.17) is 0 Å². The van der Waals surface area contributed by atoms with E-state index in [9.17, 15) is 4.79 Å². The van der Waals surface area contributed by atoms with Crippen molar-refractivity contribution in [1.82, 2.24) is 4.57 Å². The van der Waals surface area contributed by atoms with Gasteiger partial charge >= 0.3 is 0 Å². The predicted molar refractivity (Wildman–Crippen MR) is 216 cm³/mol. The van der Waals surface area contributed by atoms with Gasteiger partial charge in [0.05, 0.1) is 17.1 Å². The van der Waals surface area contributed by atoms with Crippen LogP contribution in [0.25, 0.3) is 60.9 Å². The number of fused-ring (bicyclic) bond motifs is 6. The quantitative estimate of drug-likeness (QED) is 0.165. The Morgan fingerprint density at radius 1 is 0.519 bits per heavy atom. The van der Waals surface area contributed by atoms with Crippen molar-refractivity contribution in [2.75, 3.05) is 4.90 Å². The molecule has 0 saturated heterocycles. The van der Waals surface area contributed by atoms with Gasteiger partial charge in [0.1, 0.15) is 6.29 Å². The summed E-state index contributed by atoms with van der Waals surface area (Å²) in [4.78, 5) is 14.4. The molecule has 1 unspecified atom stereocenters. The smallest absolute Gasteiger partial charge is 0.150 e. The number of hydrogen-bond donors (Lipinski definition) is 0. The fraction of sp³-hybridized carbons (Fsp3) is 0.0408. The van der Waals surface area contributed by atoms with Crippen LogP contribution >= 0.6 is 0 Å². The first-order chi connectivity index (χ1) is 25.7. The summed E-state index contributed by atoms with van der Waals surface area (Å²) in [6.07, 6.45) is 6.54. The Labute approximate surface area is 303 Å². The van der Waals surface area contributed by atoms with Crippen molar-refractivity contribution >= 4 is 50.6 Å². The summed E-state index contributed by atoms with van der Waals surface area (Å²) in [5.74, 6) is 0. The maximum Gasteiger partial charge on any atom is 0.150 e. The van der Waals surface area contributed by atoms with E-state index in [1.807, 2.05) is 12.1 Å². The number of benzene rings is 7. The van der Waals surface area contributed by atoms with Gasteiger partial charge in [-0.25, -0.2) is 0 Å². The first-order valence-corrected chi connectivity index (χ1v) is 17.9. The molecule has 0 fully saturated rings. The van der Waals surface area contributed by atoms with Gasteiger partial charge < -0.3 is 9.47 Å². The highest BCUT2D eigenvalue weighted by Gasteiger charge is 2.36. The molecular formula is C49H34N2O. The van der Waals surface area contributed by atoms with Crippen LogP contribution in [0.1, 0.15) is 27.9 Å². The van der Waals surface area contributed by atoms with Crippen LogP contribution in [-0.4, -0.2) is 16.9 Å². The molecule has 246 valence electrons. The number of hydrogen-bond acceptors (Lipinski definition) is 2. The number of carbonyl (C=O) groups is 1. The molecule has 0 bridgehead atoms. The molecule has 2 aliphatic rings. The Kier molecular flexibility index (Phi) is 7.10. The van der Waals surface area contributed by atoms with Crippen molar-refractivity contribution in [3.63, 3.8) is 0 Å². The summed E-state index contributed by atoms with van der Waals surface area (Å²) in [7, 11) is 0. The summed E-state index contributed by atoms with van der Waals surface area (Å²) in [6.45, 7) is 0. The zero-order valence-electron chi connectivity index (χ0n) is 28.5. The minimum atomic E-state index is 0.146. The number of para-hydroxylation sites is 1. The highest BCUT2D eigenvalue weighted by atomic mass is 16.1. The van der Waals surface area contributed by atoms with Crippen molar-refractivity contribution in [2.24, 2.45) is 0 Å². The number of nitrogens with zero attached hydrogens (tertiary/aromatic N) is 2. The van der Waals surface area contributed by atoms with E-state index >= 15 is 0 Å². The summed E-state index contributed by atoms with van der Waals surface area (Å²) < 4.78 is 2.38. The molecule has 1 aliphatic heterocycles. The van der Waals surface area contributed by atoms with Crippen LogP contribution < -0.4 is 4.90 Å². The van der Waals surface area contributed by atoms with E-state index in [1.165, 1.54) is 60.8 Å². The monoisotopic (exact) mass is 666 g/mol. The van der Waals surface area contributed by atoms with Crippen molar-refractivity contribution in [2.45, 2.75) is 12.5 Å². The number of carbonyl (C=O) groups excluding carboxylic acids is 1. The highest BCUT2D eigenvalue weighted by Crippen LogP contribution is 2.49. The third kappa shape index (κ3) is 4.93. The van der Waals surface area contributed by atoms with Crippen LogP contribution in [0.3, 0.4) is 0 Å². The van der Waals surface area contributed by atoms with Crippen LogP contribution in [0.4, 0.5) is 11.4 Å². The van der Waals surface area contributed by atoms with Gasteiger partial charge in [0, 0.05) is 39.0 Å². The molecule has 10 rings (SSSR count). The van der Waals surface area contributed by atoms with Crippen LogP contribution in [0.15, 0.2) is 182 Å². The normalized spacial score (nSPS) is 14.9. The van der Waals surface area contributed by atoms with Gasteiger partial charge in [0.15, 0.2) is 0 Å². The third-order valence-electron chi connectivity index (χ3n) is 10.8. The van der Waals surface area contributed by atoms with Crippen molar-refractivity contribution in [3.8, 4) is 27.9 Å². The molecule has 52 heavy (non-hydrogen) atoms. The van der Waals surface area contributed by atoms with E-state index in [2.05, 4.69) is 179 Å². The zero-order valence-corrected chi connectivity index (χ0v) is 28.5. The average Bonchev–Trinajstić information content (AvgIpc) is 3.73. The second-order valence-electron chi connectivity index (χ2n) is 13.7. The van der Waals surface area contributed by atoms with Crippen LogP contribution in [0, 0.1) is 0 Å². The first-order valence-electron chi connectivity index (χ1n) is 17.9. The molecule has 0 radical (unpaired) electrons. The molecule has 7 aromatic carbocycles. The van der Waals surface area contributed by atoms with E-state index < -0.39 is 0 Å². The summed E-state index contributed by atoms with van der Waals surface area (Å²) >= 11 is 0. The highest BCUT2D eigenvalue weighted by molar-refractivity contribution is 6.11. The summed E-state index contributed by atoms with van der Waals surface area (Å²) in [5.41, 5.74) is 16.1. The summed E-state index contributed by atoms with van der Waals surface area (Å²) in [5, 5.41) is 2.47. The second kappa shape index (κ2) is 12.3. The number of aromatic nitrogens is 1. The lowest BCUT2D eigenvalue weighted by molar-refractivity contribution is 0.112. The second-order valence-corrected chi connectivity index (χ2v) is 13.7. The lowest BCUT2D eigenvalue weighted by atomic mass is 9.88. The topological polar surface area (TPSA) is 25.2 Å². The average molecular weight is 667 g/mol. The molecule has 0 spiro atoms. The van der Waals surface area contributed by atoms with Crippen molar-refractivity contribution in [1.29, 1.82) is 0 Å². The Morgan fingerprint density at radius 3 is 1.81 bits per heavy atom. The zero-order chi connectivity index (χ0) is 34.6. The largest absolute Gasteiger partial charge is 0.333 e. The van der Waals surface area contributed by atoms with E-state index in [-0.39, 0.29) is 6.04 Å². The Bertz CT molecular complexity index is 2700. The first kappa shape index (κ1) is 30.1. The van der Waals surface area contributed by atoms with Crippen LogP contribution in [-0.2, 0) is 0 Å². The fourth-order valence-corrected chi connectivity index (χ4v) is 8.26.